The van der Waals surface area contributed by atoms with Gasteiger partial charge in [-0.25, -0.2) is 0 Å². The molecule has 0 saturated carbocycles. The second kappa shape index (κ2) is 7.04. The fourth-order valence-electron chi connectivity index (χ4n) is 2.14. The van der Waals surface area contributed by atoms with Gasteiger partial charge in [0.1, 0.15) is 0 Å². The highest BCUT2D eigenvalue weighted by Crippen LogP contribution is 2.20. The molecule has 0 spiro atoms. The normalized spacial score (nSPS) is 10.7. The second-order valence-corrected chi connectivity index (χ2v) is 5.78. The molecule has 2 heterocycles. The molecule has 6 heteroatoms. The highest BCUT2D eigenvalue weighted by molar-refractivity contribution is 5.60. The van der Waals surface area contributed by atoms with Gasteiger partial charge in [-0.15, -0.1) is 0 Å². The van der Waals surface area contributed by atoms with Crippen molar-refractivity contribution in [2.75, 3.05) is 10.6 Å². The number of aryl methyl sites for hydroxylation is 1. The van der Waals surface area contributed by atoms with Gasteiger partial charge in [0.05, 0.1) is 11.9 Å². The van der Waals surface area contributed by atoms with Gasteiger partial charge in [0.2, 0.25) is 11.9 Å². The summed E-state index contributed by atoms with van der Waals surface area (Å²) in [5.74, 6) is 1.65. The first-order valence-corrected chi connectivity index (χ1v) is 7.88. The number of rotatable bonds is 5. The number of aromatic nitrogens is 4. The van der Waals surface area contributed by atoms with Crippen LogP contribution in [0.25, 0.3) is 11.4 Å². The summed E-state index contributed by atoms with van der Waals surface area (Å²) in [6.07, 6.45) is 1.76. The van der Waals surface area contributed by atoms with E-state index in [9.17, 15) is 0 Å². The smallest absolute Gasteiger partial charge is 0.232 e. The van der Waals surface area contributed by atoms with Crippen LogP contribution in [-0.4, -0.2) is 26.0 Å². The SMILES string of the molecule is Cc1ccc(Nc2nc(NC(C)C)nc(-c3ccccc3)n2)cn1. The van der Waals surface area contributed by atoms with E-state index in [0.29, 0.717) is 17.7 Å². The summed E-state index contributed by atoms with van der Waals surface area (Å²) in [6.45, 7) is 6.04. The number of hydrogen-bond donors (Lipinski definition) is 2. The third-order valence-electron chi connectivity index (χ3n) is 3.25. The number of nitrogens with one attached hydrogen (secondary N) is 2. The van der Waals surface area contributed by atoms with Crippen LogP contribution in [0.3, 0.4) is 0 Å². The molecule has 0 aliphatic carbocycles. The molecule has 0 fully saturated rings. The van der Waals surface area contributed by atoms with Gasteiger partial charge < -0.3 is 10.6 Å². The molecule has 0 atom stereocenters. The quantitative estimate of drug-likeness (QED) is 0.744. The number of benzene rings is 1. The fourth-order valence-corrected chi connectivity index (χ4v) is 2.14. The van der Waals surface area contributed by atoms with E-state index in [1.807, 2.05) is 63.2 Å². The second-order valence-electron chi connectivity index (χ2n) is 5.78. The summed E-state index contributed by atoms with van der Waals surface area (Å²) in [5.41, 5.74) is 2.74. The minimum atomic E-state index is 0.227. The first-order chi connectivity index (χ1) is 11.6. The maximum atomic E-state index is 4.53. The van der Waals surface area contributed by atoms with Crippen LogP contribution in [0.1, 0.15) is 19.5 Å². The van der Waals surface area contributed by atoms with E-state index < -0.39 is 0 Å². The lowest BCUT2D eigenvalue weighted by Crippen LogP contribution is -2.14. The molecular weight excluding hydrogens is 300 g/mol. The molecule has 2 aromatic heterocycles. The Labute approximate surface area is 141 Å². The van der Waals surface area contributed by atoms with Gasteiger partial charge in [0.15, 0.2) is 5.82 Å². The number of hydrogen-bond acceptors (Lipinski definition) is 6. The van der Waals surface area contributed by atoms with Crippen molar-refractivity contribution in [1.82, 2.24) is 19.9 Å². The molecule has 2 N–H and O–H groups in total. The molecule has 0 unspecified atom stereocenters. The molecule has 3 aromatic rings. The third kappa shape index (κ3) is 4.04. The summed E-state index contributed by atoms with van der Waals surface area (Å²) < 4.78 is 0. The molecule has 6 nitrogen and oxygen atoms in total. The molecule has 0 bridgehead atoms. The third-order valence-corrected chi connectivity index (χ3v) is 3.25. The average molecular weight is 320 g/mol. The zero-order valence-electron chi connectivity index (χ0n) is 14.0. The van der Waals surface area contributed by atoms with Gasteiger partial charge in [-0.05, 0) is 32.9 Å². The van der Waals surface area contributed by atoms with E-state index >= 15 is 0 Å². The Morgan fingerprint density at radius 1 is 0.875 bits per heavy atom. The Hall–Kier alpha value is -3.02. The molecular formula is C18H20N6. The van der Waals surface area contributed by atoms with Crippen molar-refractivity contribution >= 4 is 17.6 Å². The van der Waals surface area contributed by atoms with E-state index in [-0.39, 0.29) is 6.04 Å². The largest absolute Gasteiger partial charge is 0.352 e. The highest BCUT2D eigenvalue weighted by Gasteiger charge is 2.09. The van der Waals surface area contributed by atoms with E-state index in [0.717, 1.165) is 16.9 Å². The van der Waals surface area contributed by atoms with E-state index in [1.54, 1.807) is 6.20 Å². The minimum Gasteiger partial charge on any atom is -0.352 e. The highest BCUT2D eigenvalue weighted by atomic mass is 15.2. The molecule has 0 radical (unpaired) electrons. The van der Waals surface area contributed by atoms with Gasteiger partial charge in [0, 0.05) is 17.3 Å². The molecule has 3 rings (SSSR count). The van der Waals surface area contributed by atoms with Crippen molar-refractivity contribution in [3.63, 3.8) is 0 Å². The molecule has 0 aliphatic heterocycles. The van der Waals surface area contributed by atoms with Crippen LogP contribution < -0.4 is 10.6 Å². The van der Waals surface area contributed by atoms with Crippen molar-refractivity contribution < 1.29 is 0 Å². The van der Waals surface area contributed by atoms with Crippen molar-refractivity contribution in [2.24, 2.45) is 0 Å². The number of anilines is 3. The molecule has 0 amide bonds. The van der Waals surface area contributed by atoms with Crippen molar-refractivity contribution in [2.45, 2.75) is 26.8 Å². The molecule has 122 valence electrons. The van der Waals surface area contributed by atoms with Crippen LogP contribution >= 0.6 is 0 Å². The van der Waals surface area contributed by atoms with Crippen LogP contribution in [0.5, 0.6) is 0 Å². The van der Waals surface area contributed by atoms with E-state index in [2.05, 4.69) is 30.6 Å². The van der Waals surface area contributed by atoms with Crippen LogP contribution in [0.4, 0.5) is 17.6 Å². The maximum Gasteiger partial charge on any atom is 0.232 e. The maximum absolute atomic E-state index is 4.53. The number of nitrogens with zero attached hydrogens (tertiary/aromatic N) is 4. The van der Waals surface area contributed by atoms with Crippen LogP contribution in [0.2, 0.25) is 0 Å². The summed E-state index contributed by atoms with van der Waals surface area (Å²) >= 11 is 0. The number of pyridine rings is 1. The first-order valence-electron chi connectivity index (χ1n) is 7.88. The van der Waals surface area contributed by atoms with Crippen molar-refractivity contribution in [1.29, 1.82) is 0 Å². The molecule has 24 heavy (non-hydrogen) atoms. The zero-order chi connectivity index (χ0) is 16.9. The zero-order valence-corrected chi connectivity index (χ0v) is 14.0. The molecule has 0 saturated heterocycles. The van der Waals surface area contributed by atoms with E-state index in [1.165, 1.54) is 0 Å². The van der Waals surface area contributed by atoms with Gasteiger partial charge in [-0.3, -0.25) is 4.98 Å². The van der Waals surface area contributed by atoms with Crippen LogP contribution in [-0.2, 0) is 0 Å². The molecule has 1 aromatic carbocycles. The van der Waals surface area contributed by atoms with Crippen molar-refractivity contribution in [3.8, 4) is 11.4 Å². The molecule has 0 aliphatic rings. The predicted molar refractivity (Wildman–Crippen MR) is 96.3 cm³/mol. The Kier molecular flexibility index (Phi) is 4.65. The Bertz CT molecular complexity index is 799. The van der Waals surface area contributed by atoms with Gasteiger partial charge >= 0.3 is 0 Å². The average Bonchev–Trinajstić information content (AvgIpc) is 2.57. The Morgan fingerprint density at radius 3 is 2.29 bits per heavy atom. The fraction of sp³-hybridized carbons (Fsp3) is 0.222. The van der Waals surface area contributed by atoms with Gasteiger partial charge in [0.25, 0.3) is 0 Å². The van der Waals surface area contributed by atoms with Gasteiger partial charge in [-0.2, -0.15) is 15.0 Å². The van der Waals surface area contributed by atoms with E-state index in [4.69, 9.17) is 0 Å². The predicted octanol–water partition coefficient (Wildman–Crippen LogP) is 3.81. The Balaban J connectivity index is 1.96. The summed E-state index contributed by atoms with van der Waals surface area (Å²) in [6, 6.07) is 14.0. The standard InChI is InChI=1S/C18H20N6/c1-12(2)20-17-22-16(14-7-5-4-6-8-14)23-18(24-17)21-15-10-9-13(3)19-11-15/h4-12H,1-3H3,(H2,20,21,22,23,24). The monoisotopic (exact) mass is 320 g/mol. The summed E-state index contributed by atoms with van der Waals surface area (Å²) in [4.78, 5) is 17.8. The van der Waals surface area contributed by atoms with Gasteiger partial charge in [-0.1, -0.05) is 30.3 Å². The van der Waals surface area contributed by atoms with Crippen LogP contribution in [0.15, 0.2) is 48.7 Å². The van der Waals surface area contributed by atoms with Crippen molar-refractivity contribution in [3.05, 3.63) is 54.4 Å². The lowest BCUT2D eigenvalue weighted by molar-refractivity contribution is 0.869. The topological polar surface area (TPSA) is 75.6 Å². The minimum absolute atomic E-state index is 0.227. The van der Waals surface area contributed by atoms with Crippen LogP contribution in [0, 0.1) is 6.92 Å². The summed E-state index contributed by atoms with van der Waals surface area (Å²) in [5, 5.41) is 6.42. The Morgan fingerprint density at radius 2 is 1.62 bits per heavy atom. The lowest BCUT2D eigenvalue weighted by atomic mass is 10.2. The lowest BCUT2D eigenvalue weighted by Gasteiger charge is -2.12. The summed E-state index contributed by atoms with van der Waals surface area (Å²) in [7, 11) is 0. The first kappa shape index (κ1) is 15.9.